The van der Waals surface area contributed by atoms with E-state index in [2.05, 4.69) is 26.1 Å². The van der Waals surface area contributed by atoms with Crippen molar-refractivity contribution in [1.29, 1.82) is 0 Å². The fourth-order valence-electron chi connectivity index (χ4n) is 3.94. The maximum atomic E-state index is 15.1. The van der Waals surface area contributed by atoms with Crippen LogP contribution in [0, 0.1) is 5.82 Å². The Hall–Kier alpha value is -4.36. The number of nitrogens with zero attached hydrogens (tertiary/aromatic N) is 5. The molecule has 0 radical (unpaired) electrons. The Morgan fingerprint density at radius 2 is 2.22 bits per heavy atom. The Morgan fingerprint density at radius 3 is 2.95 bits per heavy atom. The lowest BCUT2D eigenvalue weighted by atomic mass is 10.1. The van der Waals surface area contributed by atoms with Crippen molar-refractivity contribution in [2.75, 3.05) is 31.7 Å². The Morgan fingerprint density at radius 1 is 1.32 bits per heavy atom. The third-order valence-corrected chi connectivity index (χ3v) is 5.82. The maximum Gasteiger partial charge on any atom is 0.414 e. The van der Waals surface area contributed by atoms with Crippen molar-refractivity contribution in [1.82, 2.24) is 30.8 Å². The van der Waals surface area contributed by atoms with Crippen LogP contribution < -0.4 is 15.7 Å². The lowest BCUT2D eigenvalue weighted by Gasteiger charge is -2.14. The van der Waals surface area contributed by atoms with Crippen molar-refractivity contribution in [3.05, 3.63) is 66.5 Å². The van der Waals surface area contributed by atoms with E-state index in [-0.39, 0.29) is 31.8 Å². The number of aromatic nitrogens is 4. The third-order valence-electron chi connectivity index (χ3n) is 5.82. The second-order valence-electron chi connectivity index (χ2n) is 8.36. The van der Waals surface area contributed by atoms with E-state index in [9.17, 15) is 9.59 Å². The molecule has 0 spiro atoms. The van der Waals surface area contributed by atoms with Crippen LogP contribution in [0.15, 0.2) is 55.0 Å². The zero-order valence-corrected chi connectivity index (χ0v) is 19.8. The number of amides is 2. The normalized spacial score (nSPS) is 18.9. The van der Waals surface area contributed by atoms with Gasteiger partial charge in [-0.15, -0.1) is 5.10 Å². The van der Waals surface area contributed by atoms with E-state index >= 15 is 4.39 Å². The smallest absolute Gasteiger partial charge is 0.414 e. The van der Waals surface area contributed by atoms with E-state index in [1.807, 2.05) is 0 Å². The maximum absolute atomic E-state index is 15.1. The molecule has 0 unspecified atom stereocenters. The molecule has 37 heavy (non-hydrogen) atoms. The van der Waals surface area contributed by atoms with Crippen LogP contribution in [0.4, 0.5) is 14.9 Å². The summed E-state index contributed by atoms with van der Waals surface area (Å²) in [6.45, 7) is 0.779. The molecule has 12 nitrogen and oxygen atoms in total. The third kappa shape index (κ3) is 5.57. The molecule has 2 amide bonds. The van der Waals surface area contributed by atoms with E-state index in [1.165, 1.54) is 18.0 Å². The van der Waals surface area contributed by atoms with Crippen molar-refractivity contribution in [2.45, 2.75) is 18.8 Å². The summed E-state index contributed by atoms with van der Waals surface area (Å²) in [5.41, 5.74) is 5.36. The van der Waals surface area contributed by atoms with E-state index in [4.69, 9.17) is 14.3 Å². The number of carbonyl (C=O) groups is 2. The summed E-state index contributed by atoms with van der Waals surface area (Å²) < 4.78 is 27.3. The SMILES string of the molecule is CNC(=O)COC[C@@H]1C=C(c2ccc(-c3ccc(N4C[C@H](Cn5ccnn5)OC4=O)cc3F)cn2)NO1. The van der Waals surface area contributed by atoms with Crippen LogP contribution in [0.5, 0.6) is 0 Å². The van der Waals surface area contributed by atoms with Gasteiger partial charge in [-0.05, 0) is 30.3 Å². The average molecular weight is 509 g/mol. The number of cyclic esters (lactones) is 1. The standard InChI is InChI=1S/C24H24FN7O5/c1-26-23(33)14-35-13-17-9-22(29-37-17)21-5-2-15(10-27-21)19-4-3-16(8-20(19)25)32-12-18(36-24(32)34)11-31-7-6-28-30-31/h2-10,17-18,29H,11-14H2,1H3,(H,26,33)/t17-,18-/m0/s1. The van der Waals surface area contributed by atoms with Gasteiger partial charge in [-0.2, -0.15) is 0 Å². The molecule has 2 aliphatic rings. The van der Waals surface area contributed by atoms with Crippen LogP contribution >= 0.6 is 0 Å². The molecule has 1 aromatic carbocycles. The van der Waals surface area contributed by atoms with Gasteiger partial charge in [0.1, 0.15) is 24.6 Å². The number of anilines is 1. The molecule has 2 N–H and O–H groups in total. The van der Waals surface area contributed by atoms with Crippen LogP contribution in [0.2, 0.25) is 0 Å². The summed E-state index contributed by atoms with van der Waals surface area (Å²) >= 11 is 0. The second-order valence-corrected chi connectivity index (χ2v) is 8.36. The molecule has 0 aliphatic carbocycles. The minimum Gasteiger partial charge on any atom is -0.442 e. The predicted molar refractivity (Wildman–Crippen MR) is 128 cm³/mol. The first-order valence-electron chi connectivity index (χ1n) is 11.5. The van der Waals surface area contributed by atoms with Gasteiger partial charge >= 0.3 is 6.09 Å². The number of rotatable bonds is 9. The van der Waals surface area contributed by atoms with Gasteiger partial charge in [-0.1, -0.05) is 11.3 Å². The zero-order chi connectivity index (χ0) is 25.8. The fourth-order valence-corrected chi connectivity index (χ4v) is 3.94. The topological polar surface area (TPSA) is 133 Å². The molecule has 2 aromatic heterocycles. The minimum absolute atomic E-state index is 0.0562. The van der Waals surface area contributed by atoms with E-state index in [1.54, 1.807) is 53.6 Å². The quantitative estimate of drug-likeness (QED) is 0.440. The Bertz CT molecular complexity index is 1300. The number of hydroxylamine groups is 1. The lowest BCUT2D eigenvalue weighted by Crippen LogP contribution is -2.26. The van der Waals surface area contributed by atoms with Gasteiger partial charge < -0.3 is 14.8 Å². The lowest BCUT2D eigenvalue weighted by molar-refractivity contribution is -0.126. The highest BCUT2D eigenvalue weighted by Crippen LogP contribution is 2.30. The van der Waals surface area contributed by atoms with Gasteiger partial charge in [0.15, 0.2) is 0 Å². The van der Waals surface area contributed by atoms with Crippen molar-refractivity contribution >= 4 is 23.4 Å². The fraction of sp³-hybridized carbons (Fsp3) is 0.292. The Balaban J connectivity index is 1.22. The molecule has 192 valence electrons. The van der Waals surface area contributed by atoms with Crippen LogP contribution in [-0.4, -0.2) is 71.0 Å². The molecule has 0 bridgehead atoms. The number of pyridine rings is 1. The molecule has 1 saturated heterocycles. The summed E-state index contributed by atoms with van der Waals surface area (Å²) in [6, 6.07) is 8.07. The molecule has 0 saturated carbocycles. The first-order chi connectivity index (χ1) is 18.0. The van der Waals surface area contributed by atoms with E-state index in [0.717, 1.165) is 0 Å². The highest BCUT2D eigenvalue weighted by Gasteiger charge is 2.33. The van der Waals surface area contributed by atoms with Crippen LogP contribution in [0.3, 0.4) is 0 Å². The van der Waals surface area contributed by atoms with Crippen molar-refractivity contribution in [2.24, 2.45) is 0 Å². The molecule has 5 rings (SSSR count). The predicted octanol–water partition coefficient (Wildman–Crippen LogP) is 1.51. The monoisotopic (exact) mass is 509 g/mol. The summed E-state index contributed by atoms with van der Waals surface area (Å²) in [6.07, 6.45) is 5.25. The van der Waals surface area contributed by atoms with Crippen LogP contribution in [0.25, 0.3) is 16.8 Å². The number of benzene rings is 1. The van der Waals surface area contributed by atoms with Gasteiger partial charge in [0.2, 0.25) is 5.91 Å². The van der Waals surface area contributed by atoms with Gasteiger partial charge in [-0.3, -0.25) is 25.0 Å². The molecular formula is C24H24FN7O5. The first-order valence-corrected chi connectivity index (χ1v) is 11.5. The number of hydrogen-bond acceptors (Lipinski definition) is 9. The number of ether oxygens (including phenoxy) is 2. The minimum atomic E-state index is -0.542. The average Bonchev–Trinajstić information content (AvgIpc) is 3.66. The summed E-state index contributed by atoms with van der Waals surface area (Å²) in [5, 5.41) is 10.1. The molecule has 3 aromatic rings. The Kier molecular flexibility index (Phi) is 7.05. The molecular weight excluding hydrogens is 485 g/mol. The van der Waals surface area contributed by atoms with E-state index < -0.39 is 18.0 Å². The highest BCUT2D eigenvalue weighted by molar-refractivity contribution is 5.90. The zero-order valence-electron chi connectivity index (χ0n) is 19.8. The van der Waals surface area contributed by atoms with Gasteiger partial charge in [0.05, 0.1) is 43.0 Å². The van der Waals surface area contributed by atoms with Gasteiger partial charge in [-0.25, -0.2) is 13.9 Å². The van der Waals surface area contributed by atoms with Crippen LogP contribution in [0.1, 0.15) is 5.69 Å². The Labute approximate surface area is 211 Å². The molecule has 13 heteroatoms. The molecule has 2 aliphatic heterocycles. The number of likely N-dealkylation sites (N-methyl/N-ethyl adjacent to an activating group) is 1. The van der Waals surface area contributed by atoms with Gasteiger partial charge in [0.25, 0.3) is 0 Å². The summed E-state index contributed by atoms with van der Waals surface area (Å²) in [7, 11) is 1.54. The molecule has 4 heterocycles. The van der Waals surface area contributed by atoms with Gasteiger partial charge in [0, 0.05) is 30.6 Å². The van der Waals surface area contributed by atoms with Crippen molar-refractivity contribution in [3.8, 4) is 11.1 Å². The summed E-state index contributed by atoms with van der Waals surface area (Å²) in [5.74, 6) is -0.713. The second kappa shape index (κ2) is 10.7. The summed E-state index contributed by atoms with van der Waals surface area (Å²) in [4.78, 5) is 34.8. The molecule has 2 atom stereocenters. The highest BCUT2D eigenvalue weighted by atomic mass is 19.1. The largest absolute Gasteiger partial charge is 0.442 e. The first kappa shape index (κ1) is 24.3. The van der Waals surface area contributed by atoms with E-state index in [0.29, 0.717) is 34.8 Å². The number of carbonyl (C=O) groups excluding carboxylic acids is 2. The molecule has 1 fully saturated rings. The number of hydrogen-bond donors (Lipinski definition) is 2. The van der Waals surface area contributed by atoms with Crippen molar-refractivity contribution < 1.29 is 28.3 Å². The van der Waals surface area contributed by atoms with Crippen molar-refractivity contribution in [3.63, 3.8) is 0 Å². The van der Waals surface area contributed by atoms with Crippen LogP contribution in [-0.2, 0) is 25.7 Å². The number of nitrogens with one attached hydrogen (secondary N) is 2. The number of halogens is 1.